The predicted octanol–water partition coefficient (Wildman–Crippen LogP) is 0.839. The second-order valence-corrected chi connectivity index (χ2v) is 7.94. The maximum Gasteiger partial charge on any atom is 0.346 e. The number of methoxy groups -OCH3 is 1. The van der Waals surface area contributed by atoms with Crippen LogP contribution in [0, 0.1) is 6.92 Å². The number of sulfonamides is 1. The Morgan fingerprint density at radius 1 is 1.62 bits per heavy atom. The van der Waals surface area contributed by atoms with Gasteiger partial charge in [0.1, 0.15) is 14.7 Å². The van der Waals surface area contributed by atoms with E-state index in [1.807, 2.05) is 0 Å². The zero-order valence-electron chi connectivity index (χ0n) is 11.7. The number of aryl methyl sites for hydroxylation is 1. The Morgan fingerprint density at radius 3 is 2.81 bits per heavy atom. The first kappa shape index (κ1) is 16.4. The van der Waals surface area contributed by atoms with E-state index in [0.29, 0.717) is 25.2 Å². The van der Waals surface area contributed by atoms with Gasteiger partial charge in [0.15, 0.2) is 0 Å². The fourth-order valence-electron chi connectivity index (χ4n) is 2.06. The van der Waals surface area contributed by atoms with Gasteiger partial charge in [-0.15, -0.1) is 11.3 Å². The highest BCUT2D eigenvalue weighted by Gasteiger charge is 2.36. The van der Waals surface area contributed by atoms with Crippen LogP contribution in [0.4, 0.5) is 0 Å². The van der Waals surface area contributed by atoms with Gasteiger partial charge in [-0.3, -0.25) is 0 Å². The molecular weight excluding hydrogens is 318 g/mol. The SMILES string of the molecule is COC1(CNS(=O)(=O)c2cc(C)c(C(=O)O)s2)CCOC1. The van der Waals surface area contributed by atoms with Gasteiger partial charge in [-0.25, -0.2) is 17.9 Å². The lowest BCUT2D eigenvalue weighted by Gasteiger charge is -2.25. The molecule has 1 unspecified atom stereocenters. The third-order valence-corrected chi connectivity index (χ3v) is 6.54. The van der Waals surface area contributed by atoms with Gasteiger partial charge in [0.05, 0.1) is 6.61 Å². The van der Waals surface area contributed by atoms with E-state index in [-0.39, 0.29) is 15.6 Å². The van der Waals surface area contributed by atoms with Crippen LogP contribution in [0.3, 0.4) is 0 Å². The molecule has 0 amide bonds. The first-order valence-electron chi connectivity index (χ1n) is 6.26. The van der Waals surface area contributed by atoms with E-state index in [1.54, 1.807) is 6.92 Å². The van der Waals surface area contributed by atoms with E-state index < -0.39 is 21.6 Å². The summed E-state index contributed by atoms with van der Waals surface area (Å²) >= 11 is 0.741. The fourth-order valence-corrected chi connectivity index (χ4v) is 4.59. The van der Waals surface area contributed by atoms with Crippen LogP contribution < -0.4 is 4.72 Å². The molecule has 1 atom stereocenters. The van der Waals surface area contributed by atoms with E-state index in [0.717, 1.165) is 11.3 Å². The smallest absolute Gasteiger partial charge is 0.346 e. The van der Waals surface area contributed by atoms with Gasteiger partial charge >= 0.3 is 5.97 Å². The molecule has 1 aliphatic heterocycles. The van der Waals surface area contributed by atoms with Crippen LogP contribution in [0.5, 0.6) is 0 Å². The van der Waals surface area contributed by atoms with Gasteiger partial charge in [-0.2, -0.15) is 0 Å². The number of hydrogen-bond donors (Lipinski definition) is 2. The van der Waals surface area contributed by atoms with Gasteiger partial charge in [0.25, 0.3) is 0 Å². The summed E-state index contributed by atoms with van der Waals surface area (Å²) in [6.45, 7) is 2.51. The topological polar surface area (TPSA) is 102 Å². The van der Waals surface area contributed by atoms with Crippen LogP contribution in [0.15, 0.2) is 10.3 Å². The van der Waals surface area contributed by atoms with E-state index in [9.17, 15) is 13.2 Å². The molecule has 1 fully saturated rings. The average molecular weight is 335 g/mol. The second kappa shape index (κ2) is 6.01. The number of carboxylic acid groups (broad SMARTS) is 1. The van der Waals surface area contributed by atoms with E-state index in [2.05, 4.69) is 4.72 Å². The number of carbonyl (C=O) groups is 1. The first-order chi connectivity index (χ1) is 9.80. The van der Waals surface area contributed by atoms with Crippen molar-refractivity contribution in [2.24, 2.45) is 0 Å². The fraction of sp³-hybridized carbons (Fsp3) is 0.583. The lowest BCUT2D eigenvalue weighted by molar-refractivity contribution is -0.0120. The predicted molar refractivity (Wildman–Crippen MR) is 76.4 cm³/mol. The summed E-state index contributed by atoms with van der Waals surface area (Å²) < 4.78 is 37.5. The molecule has 0 aliphatic carbocycles. The molecule has 7 nitrogen and oxygen atoms in total. The molecule has 1 saturated heterocycles. The molecule has 2 heterocycles. The molecule has 9 heteroatoms. The van der Waals surface area contributed by atoms with Crippen molar-refractivity contribution in [1.29, 1.82) is 0 Å². The lowest BCUT2D eigenvalue weighted by Crippen LogP contribution is -2.44. The number of ether oxygens (including phenoxy) is 2. The third-order valence-electron chi connectivity index (χ3n) is 3.44. The Labute approximate surface area is 126 Å². The average Bonchev–Trinajstić information content (AvgIpc) is 3.04. The Balaban J connectivity index is 2.15. The maximum absolute atomic E-state index is 12.2. The van der Waals surface area contributed by atoms with Crippen LogP contribution >= 0.6 is 11.3 Å². The van der Waals surface area contributed by atoms with Crippen molar-refractivity contribution in [2.45, 2.75) is 23.2 Å². The minimum atomic E-state index is -3.76. The van der Waals surface area contributed by atoms with Gasteiger partial charge < -0.3 is 14.6 Å². The van der Waals surface area contributed by atoms with Crippen LogP contribution in [-0.4, -0.2) is 52.0 Å². The van der Waals surface area contributed by atoms with Gasteiger partial charge in [-0.05, 0) is 18.6 Å². The molecule has 0 bridgehead atoms. The van der Waals surface area contributed by atoms with Gasteiger partial charge in [-0.1, -0.05) is 0 Å². The summed E-state index contributed by atoms with van der Waals surface area (Å²) in [5.74, 6) is -1.13. The molecule has 118 valence electrons. The van der Waals surface area contributed by atoms with Gasteiger partial charge in [0, 0.05) is 26.7 Å². The quantitative estimate of drug-likeness (QED) is 0.799. The van der Waals surface area contributed by atoms with Crippen molar-refractivity contribution in [3.63, 3.8) is 0 Å². The largest absolute Gasteiger partial charge is 0.477 e. The molecule has 0 saturated carbocycles. The Bertz CT molecular complexity index is 630. The molecule has 21 heavy (non-hydrogen) atoms. The molecular formula is C12H17NO6S2. The number of rotatable bonds is 6. The second-order valence-electron chi connectivity index (χ2n) is 4.90. The standard InChI is InChI=1S/C12H17NO6S2/c1-8-5-9(20-10(8)11(14)15)21(16,17)13-6-12(18-2)3-4-19-7-12/h5,13H,3-4,6-7H2,1-2H3,(H,14,15). The molecule has 1 aromatic rings. The summed E-state index contributed by atoms with van der Waals surface area (Å²) in [7, 11) is -2.25. The van der Waals surface area contributed by atoms with Crippen molar-refractivity contribution < 1.29 is 27.8 Å². The van der Waals surface area contributed by atoms with Crippen molar-refractivity contribution in [1.82, 2.24) is 4.72 Å². The van der Waals surface area contributed by atoms with Crippen molar-refractivity contribution in [3.05, 3.63) is 16.5 Å². The monoisotopic (exact) mass is 335 g/mol. The molecule has 2 N–H and O–H groups in total. The number of carboxylic acids is 1. The van der Waals surface area contributed by atoms with Crippen molar-refractivity contribution >= 4 is 27.3 Å². The van der Waals surface area contributed by atoms with Crippen LogP contribution in [0.1, 0.15) is 21.7 Å². The van der Waals surface area contributed by atoms with E-state index in [1.165, 1.54) is 13.2 Å². The highest BCUT2D eigenvalue weighted by molar-refractivity contribution is 7.91. The van der Waals surface area contributed by atoms with Crippen LogP contribution in [-0.2, 0) is 19.5 Å². The highest BCUT2D eigenvalue weighted by Crippen LogP contribution is 2.27. The molecule has 0 aromatic carbocycles. The summed E-state index contributed by atoms with van der Waals surface area (Å²) in [5.41, 5.74) is -0.229. The zero-order chi connectivity index (χ0) is 15.7. The van der Waals surface area contributed by atoms with Crippen LogP contribution in [0.2, 0.25) is 0 Å². The Hall–Kier alpha value is -1.00. The number of nitrogens with one attached hydrogen (secondary N) is 1. The number of thiophene rings is 1. The zero-order valence-corrected chi connectivity index (χ0v) is 13.3. The summed E-state index contributed by atoms with van der Waals surface area (Å²) in [5, 5.41) is 8.98. The Kier molecular flexibility index (Phi) is 4.69. The van der Waals surface area contributed by atoms with Gasteiger partial charge in [0.2, 0.25) is 10.0 Å². The van der Waals surface area contributed by atoms with E-state index in [4.69, 9.17) is 14.6 Å². The van der Waals surface area contributed by atoms with Crippen LogP contribution in [0.25, 0.3) is 0 Å². The minimum Gasteiger partial charge on any atom is -0.477 e. The highest BCUT2D eigenvalue weighted by atomic mass is 32.2. The summed E-state index contributed by atoms with van der Waals surface area (Å²) in [6.07, 6.45) is 0.607. The minimum absolute atomic E-state index is 0.0115. The molecule has 1 aliphatic rings. The summed E-state index contributed by atoms with van der Waals surface area (Å²) in [6, 6.07) is 1.36. The molecule has 0 spiro atoms. The normalized spacial score (nSPS) is 22.6. The van der Waals surface area contributed by atoms with Crippen molar-refractivity contribution in [3.8, 4) is 0 Å². The molecule has 0 radical (unpaired) electrons. The molecule has 1 aromatic heterocycles. The molecule has 2 rings (SSSR count). The third kappa shape index (κ3) is 3.43. The summed E-state index contributed by atoms with van der Waals surface area (Å²) in [4.78, 5) is 11.0. The lowest BCUT2D eigenvalue weighted by atomic mass is 10.0. The van der Waals surface area contributed by atoms with E-state index >= 15 is 0 Å². The first-order valence-corrected chi connectivity index (χ1v) is 8.56. The number of hydrogen-bond acceptors (Lipinski definition) is 6. The Morgan fingerprint density at radius 2 is 2.33 bits per heavy atom. The number of aromatic carboxylic acids is 1. The van der Waals surface area contributed by atoms with Crippen molar-refractivity contribution in [2.75, 3.05) is 26.9 Å². The maximum atomic E-state index is 12.2.